The van der Waals surface area contributed by atoms with Gasteiger partial charge in [0.15, 0.2) is 0 Å². The van der Waals surface area contributed by atoms with E-state index in [1.54, 1.807) is 25.3 Å². The highest BCUT2D eigenvalue weighted by atomic mass is 35.5. The standard InChI is InChI=1S/C21H25ClN6O3/c1-13(2)28-9-7-17(27-28)19-15(22)12-24-21(26-19)25-16-6-5-14(11-18(16)31-4)20(29)23-8-10-30-3/h5-7,9,11-13H,8,10H2,1-4H3,(H,23,29)(H,24,25,26). The number of hydrogen-bond donors (Lipinski definition) is 2. The molecule has 1 amide bonds. The molecule has 9 nitrogen and oxygen atoms in total. The maximum Gasteiger partial charge on any atom is 0.251 e. The van der Waals surface area contributed by atoms with Gasteiger partial charge in [0.25, 0.3) is 5.91 Å². The summed E-state index contributed by atoms with van der Waals surface area (Å²) in [5, 5.41) is 10.8. The Balaban J connectivity index is 1.82. The SMILES string of the molecule is COCCNC(=O)c1ccc(Nc2ncc(Cl)c(-c3ccn(C(C)C)n3)n2)c(OC)c1. The Labute approximate surface area is 185 Å². The molecule has 2 N–H and O–H groups in total. The smallest absolute Gasteiger partial charge is 0.251 e. The summed E-state index contributed by atoms with van der Waals surface area (Å²) in [6.07, 6.45) is 3.40. The van der Waals surface area contributed by atoms with Gasteiger partial charge < -0.3 is 20.1 Å². The Morgan fingerprint density at radius 1 is 1.26 bits per heavy atom. The number of carbonyl (C=O) groups is 1. The Bertz CT molecular complexity index is 1050. The van der Waals surface area contributed by atoms with Crippen molar-refractivity contribution in [1.29, 1.82) is 0 Å². The summed E-state index contributed by atoms with van der Waals surface area (Å²) in [4.78, 5) is 21.0. The van der Waals surface area contributed by atoms with E-state index in [0.717, 1.165) is 0 Å². The molecule has 3 rings (SSSR count). The van der Waals surface area contributed by atoms with Crippen LogP contribution < -0.4 is 15.4 Å². The minimum Gasteiger partial charge on any atom is -0.495 e. The van der Waals surface area contributed by atoms with Crippen LogP contribution in [0, 0.1) is 0 Å². The first-order valence-electron chi connectivity index (χ1n) is 9.73. The number of rotatable bonds is 9. The zero-order chi connectivity index (χ0) is 22.4. The quantitative estimate of drug-likeness (QED) is 0.485. The van der Waals surface area contributed by atoms with Crippen LogP contribution in [0.4, 0.5) is 11.6 Å². The summed E-state index contributed by atoms with van der Waals surface area (Å²) in [7, 11) is 3.11. The van der Waals surface area contributed by atoms with Crippen molar-refractivity contribution in [2.45, 2.75) is 19.9 Å². The van der Waals surface area contributed by atoms with Crippen molar-refractivity contribution in [2.24, 2.45) is 0 Å². The van der Waals surface area contributed by atoms with E-state index >= 15 is 0 Å². The summed E-state index contributed by atoms with van der Waals surface area (Å²) in [5.41, 5.74) is 2.25. The van der Waals surface area contributed by atoms with Gasteiger partial charge in [-0.2, -0.15) is 5.10 Å². The van der Waals surface area contributed by atoms with E-state index in [0.29, 0.717) is 52.5 Å². The highest BCUT2D eigenvalue weighted by Gasteiger charge is 2.15. The van der Waals surface area contributed by atoms with Gasteiger partial charge >= 0.3 is 0 Å². The predicted octanol–water partition coefficient (Wildman–Crippen LogP) is 3.70. The van der Waals surface area contributed by atoms with Gasteiger partial charge in [-0.25, -0.2) is 9.97 Å². The number of ether oxygens (including phenoxy) is 2. The van der Waals surface area contributed by atoms with Gasteiger partial charge in [-0.1, -0.05) is 11.6 Å². The van der Waals surface area contributed by atoms with Crippen molar-refractivity contribution in [3.05, 3.63) is 47.2 Å². The first-order chi connectivity index (χ1) is 14.9. The molecule has 31 heavy (non-hydrogen) atoms. The molecule has 0 unspecified atom stereocenters. The van der Waals surface area contributed by atoms with E-state index in [1.807, 2.05) is 30.8 Å². The number of benzene rings is 1. The molecule has 1 aromatic carbocycles. The summed E-state index contributed by atoms with van der Waals surface area (Å²) in [6, 6.07) is 7.14. The molecule has 0 aliphatic rings. The third kappa shape index (κ3) is 5.50. The molecule has 0 atom stereocenters. The molecule has 0 aliphatic carbocycles. The number of anilines is 2. The van der Waals surface area contributed by atoms with E-state index in [9.17, 15) is 4.79 Å². The fraction of sp³-hybridized carbons (Fsp3) is 0.333. The molecule has 0 spiro atoms. The van der Waals surface area contributed by atoms with Gasteiger partial charge in [0.1, 0.15) is 17.1 Å². The topological polar surface area (TPSA) is 103 Å². The Morgan fingerprint density at radius 3 is 2.74 bits per heavy atom. The zero-order valence-corrected chi connectivity index (χ0v) is 18.6. The van der Waals surface area contributed by atoms with Crippen LogP contribution in [0.5, 0.6) is 5.75 Å². The Morgan fingerprint density at radius 2 is 2.06 bits per heavy atom. The Kier molecular flexibility index (Phi) is 7.43. The van der Waals surface area contributed by atoms with E-state index in [4.69, 9.17) is 21.1 Å². The number of halogens is 1. The first kappa shape index (κ1) is 22.5. The van der Waals surface area contributed by atoms with Crippen LogP contribution in [0.25, 0.3) is 11.4 Å². The Hall–Kier alpha value is -3.17. The molecule has 2 heterocycles. The minimum atomic E-state index is -0.215. The van der Waals surface area contributed by atoms with Gasteiger partial charge in [0, 0.05) is 31.5 Å². The molecule has 0 radical (unpaired) electrons. The van der Waals surface area contributed by atoms with E-state index in [-0.39, 0.29) is 11.9 Å². The molecule has 0 aliphatic heterocycles. The maximum absolute atomic E-state index is 12.3. The predicted molar refractivity (Wildman–Crippen MR) is 119 cm³/mol. The molecule has 0 fully saturated rings. The molecule has 0 saturated heterocycles. The number of carbonyl (C=O) groups excluding carboxylic acids is 1. The van der Waals surface area contributed by atoms with Gasteiger partial charge in [0.2, 0.25) is 5.95 Å². The van der Waals surface area contributed by atoms with Crippen molar-refractivity contribution < 1.29 is 14.3 Å². The second-order valence-corrected chi connectivity index (χ2v) is 7.36. The van der Waals surface area contributed by atoms with Crippen LogP contribution in [0.15, 0.2) is 36.7 Å². The second-order valence-electron chi connectivity index (χ2n) is 6.95. The summed E-state index contributed by atoms with van der Waals surface area (Å²) >= 11 is 6.31. The minimum absolute atomic E-state index is 0.215. The number of methoxy groups -OCH3 is 2. The van der Waals surface area contributed by atoms with E-state index in [1.165, 1.54) is 13.3 Å². The lowest BCUT2D eigenvalue weighted by molar-refractivity contribution is 0.0937. The fourth-order valence-corrected chi connectivity index (χ4v) is 2.97. The van der Waals surface area contributed by atoms with E-state index in [2.05, 4.69) is 25.7 Å². The molecule has 164 valence electrons. The van der Waals surface area contributed by atoms with Crippen LogP contribution in [0.3, 0.4) is 0 Å². The van der Waals surface area contributed by atoms with Crippen molar-refractivity contribution in [3.63, 3.8) is 0 Å². The zero-order valence-electron chi connectivity index (χ0n) is 17.8. The van der Waals surface area contributed by atoms with Crippen LogP contribution >= 0.6 is 11.6 Å². The molecular weight excluding hydrogens is 420 g/mol. The third-order valence-corrected chi connectivity index (χ3v) is 4.70. The molecular formula is C21H25ClN6O3. The van der Waals surface area contributed by atoms with Crippen molar-refractivity contribution in [3.8, 4) is 17.1 Å². The average molecular weight is 445 g/mol. The monoisotopic (exact) mass is 444 g/mol. The third-order valence-electron chi connectivity index (χ3n) is 4.43. The average Bonchev–Trinajstić information content (AvgIpc) is 3.26. The maximum atomic E-state index is 12.3. The van der Waals surface area contributed by atoms with Crippen molar-refractivity contribution >= 4 is 29.1 Å². The molecule has 0 saturated carbocycles. The lowest BCUT2D eigenvalue weighted by Crippen LogP contribution is -2.26. The highest BCUT2D eigenvalue weighted by molar-refractivity contribution is 6.32. The molecule has 0 bridgehead atoms. The highest BCUT2D eigenvalue weighted by Crippen LogP contribution is 2.30. The largest absolute Gasteiger partial charge is 0.495 e. The van der Waals surface area contributed by atoms with Crippen LogP contribution in [0.2, 0.25) is 5.02 Å². The number of nitrogens with one attached hydrogen (secondary N) is 2. The van der Waals surface area contributed by atoms with E-state index < -0.39 is 0 Å². The summed E-state index contributed by atoms with van der Waals surface area (Å²) < 4.78 is 12.2. The van der Waals surface area contributed by atoms with Gasteiger partial charge in [-0.05, 0) is 38.1 Å². The number of aromatic nitrogens is 4. The second kappa shape index (κ2) is 10.2. The normalized spacial score (nSPS) is 10.9. The number of nitrogens with zero attached hydrogens (tertiary/aromatic N) is 4. The molecule has 10 heteroatoms. The van der Waals surface area contributed by atoms with Crippen molar-refractivity contribution in [1.82, 2.24) is 25.1 Å². The lowest BCUT2D eigenvalue weighted by Gasteiger charge is -2.13. The van der Waals surface area contributed by atoms with Crippen LogP contribution in [-0.4, -0.2) is 53.0 Å². The lowest BCUT2D eigenvalue weighted by atomic mass is 10.1. The number of amides is 1. The number of hydrogen-bond acceptors (Lipinski definition) is 7. The first-order valence-corrected chi connectivity index (χ1v) is 10.1. The van der Waals surface area contributed by atoms with Crippen LogP contribution in [0.1, 0.15) is 30.2 Å². The molecule has 2 aromatic heterocycles. The van der Waals surface area contributed by atoms with Crippen molar-refractivity contribution in [2.75, 3.05) is 32.7 Å². The molecule has 3 aromatic rings. The summed E-state index contributed by atoms with van der Waals surface area (Å²) in [6.45, 7) is 4.94. The van der Waals surface area contributed by atoms with Gasteiger partial charge in [0.05, 0.1) is 30.6 Å². The fourth-order valence-electron chi connectivity index (χ4n) is 2.78. The summed E-state index contributed by atoms with van der Waals surface area (Å²) in [5.74, 6) is 0.588. The van der Waals surface area contributed by atoms with Gasteiger partial charge in [-0.3, -0.25) is 9.48 Å². The van der Waals surface area contributed by atoms with Gasteiger partial charge in [-0.15, -0.1) is 0 Å². The van der Waals surface area contributed by atoms with Crippen LogP contribution in [-0.2, 0) is 4.74 Å².